The monoisotopic (exact) mass is 223 g/mol. The fourth-order valence-electron chi connectivity index (χ4n) is 1.68. The summed E-state index contributed by atoms with van der Waals surface area (Å²) >= 11 is 0. The summed E-state index contributed by atoms with van der Waals surface area (Å²) in [6.07, 6.45) is 4.46. The van der Waals surface area contributed by atoms with Gasteiger partial charge in [0.15, 0.2) is 0 Å². The van der Waals surface area contributed by atoms with Crippen molar-refractivity contribution in [1.82, 2.24) is 9.97 Å². The molecule has 0 aromatic carbocycles. The first-order valence-corrected chi connectivity index (χ1v) is 5.87. The molecule has 4 nitrogen and oxygen atoms in total. The molecule has 4 heteroatoms. The first-order chi connectivity index (χ1) is 7.69. The van der Waals surface area contributed by atoms with Gasteiger partial charge in [0.2, 0.25) is 5.88 Å². The molecule has 1 heterocycles. The van der Waals surface area contributed by atoms with Gasteiger partial charge in [0, 0.05) is 18.0 Å². The quantitative estimate of drug-likeness (QED) is 0.799. The van der Waals surface area contributed by atoms with Crippen LogP contribution in [-0.4, -0.2) is 22.6 Å². The lowest BCUT2D eigenvalue weighted by Gasteiger charge is -2.13. The zero-order valence-corrected chi connectivity index (χ0v) is 10.4. The van der Waals surface area contributed by atoms with Crippen LogP contribution in [0.5, 0.6) is 5.88 Å². The van der Waals surface area contributed by atoms with Gasteiger partial charge < -0.3 is 10.5 Å². The number of ether oxygens (including phenoxy) is 1. The summed E-state index contributed by atoms with van der Waals surface area (Å²) in [6, 6.07) is 0.174. The smallest absolute Gasteiger partial charge is 0.219 e. The maximum Gasteiger partial charge on any atom is 0.219 e. The average molecular weight is 223 g/mol. The fourth-order valence-corrected chi connectivity index (χ4v) is 1.68. The van der Waals surface area contributed by atoms with Gasteiger partial charge in [-0.3, -0.25) is 0 Å². The van der Waals surface area contributed by atoms with Crippen molar-refractivity contribution >= 4 is 0 Å². The molecule has 0 saturated carbocycles. The molecule has 0 radical (unpaired) electrons. The summed E-state index contributed by atoms with van der Waals surface area (Å²) in [7, 11) is 0. The average Bonchev–Trinajstić information content (AvgIpc) is 2.24. The third kappa shape index (κ3) is 3.45. The van der Waals surface area contributed by atoms with Gasteiger partial charge in [0.1, 0.15) is 6.33 Å². The highest BCUT2D eigenvalue weighted by Crippen LogP contribution is 2.17. The molecule has 0 aliphatic carbocycles. The van der Waals surface area contributed by atoms with Crippen molar-refractivity contribution in [3.05, 3.63) is 17.6 Å². The van der Waals surface area contributed by atoms with E-state index in [2.05, 4.69) is 16.9 Å². The lowest BCUT2D eigenvalue weighted by atomic mass is 10.0. The normalized spacial score (nSPS) is 12.5. The van der Waals surface area contributed by atoms with Gasteiger partial charge in [-0.25, -0.2) is 9.97 Å². The lowest BCUT2D eigenvalue weighted by Crippen LogP contribution is -2.23. The Labute approximate surface area is 97.2 Å². The second kappa shape index (κ2) is 6.43. The van der Waals surface area contributed by atoms with Crippen LogP contribution in [0.1, 0.15) is 37.9 Å². The zero-order valence-electron chi connectivity index (χ0n) is 10.4. The molecule has 1 aromatic heterocycles. The molecular weight excluding hydrogens is 202 g/mol. The maximum atomic E-state index is 6.01. The zero-order chi connectivity index (χ0) is 12.0. The third-order valence-corrected chi connectivity index (χ3v) is 2.54. The first-order valence-electron chi connectivity index (χ1n) is 5.87. The number of rotatable bonds is 6. The molecule has 16 heavy (non-hydrogen) atoms. The standard InChI is InChI=1S/C12H21N3O/c1-4-6-10(13)7-11-9(3)12(16-5-2)15-8-14-11/h8,10H,4-7,13H2,1-3H3. The first kappa shape index (κ1) is 12.9. The van der Waals surface area contributed by atoms with Crippen molar-refractivity contribution in [2.75, 3.05) is 6.61 Å². The predicted molar refractivity (Wildman–Crippen MR) is 64.5 cm³/mol. The number of nitrogens with two attached hydrogens (primary N) is 1. The van der Waals surface area contributed by atoms with Crippen LogP contribution >= 0.6 is 0 Å². The molecule has 0 aliphatic rings. The number of nitrogens with zero attached hydrogens (tertiary/aromatic N) is 2. The van der Waals surface area contributed by atoms with E-state index in [9.17, 15) is 0 Å². The van der Waals surface area contributed by atoms with E-state index < -0.39 is 0 Å². The Morgan fingerprint density at radius 1 is 1.38 bits per heavy atom. The summed E-state index contributed by atoms with van der Waals surface area (Å²) in [5, 5.41) is 0. The highest BCUT2D eigenvalue weighted by atomic mass is 16.5. The van der Waals surface area contributed by atoms with Crippen molar-refractivity contribution in [3.63, 3.8) is 0 Å². The third-order valence-electron chi connectivity index (χ3n) is 2.54. The van der Waals surface area contributed by atoms with Gasteiger partial charge in [-0.1, -0.05) is 13.3 Å². The lowest BCUT2D eigenvalue weighted by molar-refractivity contribution is 0.322. The highest BCUT2D eigenvalue weighted by Gasteiger charge is 2.11. The highest BCUT2D eigenvalue weighted by molar-refractivity contribution is 5.28. The van der Waals surface area contributed by atoms with Gasteiger partial charge >= 0.3 is 0 Å². The summed E-state index contributed by atoms with van der Waals surface area (Å²) in [6.45, 7) is 6.69. The molecule has 0 amide bonds. The SMILES string of the molecule is CCCC(N)Cc1ncnc(OCC)c1C. The molecule has 1 aromatic rings. The largest absolute Gasteiger partial charge is 0.478 e. The van der Waals surface area contributed by atoms with Crippen molar-refractivity contribution in [2.24, 2.45) is 5.73 Å². The van der Waals surface area contributed by atoms with E-state index in [1.807, 2.05) is 13.8 Å². The molecule has 90 valence electrons. The Morgan fingerprint density at radius 3 is 2.75 bits per heavy atom. The van der Waals surface area contributed by atoms with Gasteiger partial charge in [0.25, 0.3) is 0 Å². The minimum atomic E-state index is 0.174. The van der Waals surface area contributed by atoms with Crippen LogP contribution in [0.15, 0.2) is 6.33 Å². The molecule has 0 fully saturated rings. The molecule has 1 atom stereocenters. The molecule has 0 spiro atoms. The Hall–Kier alpha value is -1.16. The molecule has 0 bridgehead atoms. The van der Waals surface area contributed by atoms with Crippen molar-refractivity contribution < 1.29 is 4.74 Å². The number of hydrogen-bond acceptors (Lipinski definition) is 4. The van der Waals surface area contributed by atoms with Gasteiger partial charge in [-0.2, -0.15) is 0 Å². The van der Waals surface area contributed by atoms with Crippen LogP contribution in [0.25, 0.3) is 0 Å². The van der Waals surface area contributed by atoms with Crippen LogP contribution in [0, 0.1) is 6.92 Å². The van der Waals surface area contributed by atoms with Gasteiger partial charge in [-0.05, 0) is 20.3 Å². The molecule has 0 aliphatic heterocycles. The van der Waals surface area contributed by atoms with E-state index in [4.69, 9.17) is 10.5 Å². The van der Waals surface area contributed by atoms with Crippen LogP contribution in [0.2, 0.25) is 0 Å². The van der Waals surface area contributed by atoms with E-state index in [1.165, 1.54) is 0 Å². The summed E-state index contributed by atoms with van der Waals surface area (Å²) in [5.74, 6) is 0.677. The van der Waals surface area contributed by atoms with Crippen molar-refractivity contribution in [1.29, 1.82) is 0 Å². The summed E-state index contributed by atoms with van der Waals surface area (Å²) in [5.41, 5.74) is 8.02. The molecule has 2 N–H and O–H groups in total. The van der Waals surface area contributed by atoms with E-state index in [-0.39, 0.29) is 6.04 Å². The Morgan fingerprint density at radius 2 is 2.12 bits per heavy atom. The number of aromatic nitrogens is 2. The second-order valence-corrected chi connectivity index (χ2v) is 3.94. The maximum absolute atomic E-state index is 6.01. The van der Waals surface area contributed by atoms with E-state index in [0.29, 0.717) is 12.5 Å². The second-order valence-electron chi connectivity index (χ2n) is 3.94. The topological polar surface area (TPSA) is 61.0 Å². The van der Waals surface area contributed by atoms with Crippen LogP contribution in [0.4, 0.5) is 0 Å². The van der Waals surface area contributed by atoms with Gasteiger partial charge in [-0.15, -0.1) is 0 Å². The molecular formula is C12H21N3O. The molecule has 0 saturated heterocycles. The minimum Gasteiger partial charge on any atom is -0.478 e. The van der Waals surface area contributed by atoms with E-state index >= 15 is 0 Å². The Balaban J connectivity index is 2.76. The van der Waals surface area contributed by atoms with Crippen molar-refractivity contribution in [3.8, 4) is 5.88 Å². The molecule has 1 unspecified atom stereocenters. The van der Waals surface area contributed by atoms with Gasteiger partial charge in [0.05, 0.1) is 12.3 Å². The summed E-state index contributed by atoms with van der Waals surface area (Å²) < 4.78 is 5.43. The summed E-state index contributed by atoms with van der Waals surface area (Å²) in [4.78, 5) is 8.38. The number of hydrogen-bond donors (Lipinski definition) is 1. The minimum absolute atomic E-state index is 0.174. The Kier molecular flexibility index (Phi) is 5.19. The fraction of sp³-hybridized carbons (Fsp3) is 0.667. The predicted octanol–water partition coefficient (Wildman–Crippen LogP) is 1.85. The van der Waals surface area contributed by atoms with Crippen LogP contribution in [0.3, 0.4) is 0 Å². The Bertz CT molecular complexity index is 328. The van der Waals surface area contributed by atoms with Crippen LogP contribution in [-0.2, 0) is 6.42 Å². The van der Waals surface area contributed by atoms with Crippen LogP contribution < -0.4 is 10.5 Å². The van der Waals surface area contributed by atoms with E-state index in [1.54, 1.807) is 6.33 Å². The van der Waals surface area contributed by atoms with E-state index in [0.717, 1.165) is 30.5 Å². The van der Waals surface area contributed by atoms with Crippen molar-refractivity contribution in [2.45, 2.75) is 46.1 Å². The molecule has 1 rings (SSSR count).